The number of nitrogens with zero attached hydrogens (tertiary/aromatic N) is 4. The first-order chi connectivity index (χ1) is 9.79. The van der Waals surface area contributed by atoms with Crippen molar-refractivity contribution in [1.82, 2.24) is 15.2 Å². The second-order valence-electron chi connectivity index (χ2n) is 4.86. The molecule has 0 amide bonds. The lowest BCUT2D eigenvalue weighted by atomic mass is 10.1. The smallest absolute Gasteiger partial charge is 0.252 e. The first-order valence-electron chi connectivity index (χ1n) is 6.71. The zero-order valence-electron chi connectivity index (χ0n) is 11.5. The lowest BCUT2D eigenvalue weighted by Crippen LogP contribution is -2.26. The third kappa shape index (κ3) is 2.22. The van der Waals surface area contributed by atoms with Gasteiger partial charge in [0.05, 0.1) is 6.20 Å². The minimum atomic E-state index is 0.337. The van der Waals surface area contributed by atoms with Crippen LogP contribution in [0.25, 0.3) is 0 Å². The van der Waals surface area contributed by atoms with Gasteiger partial charge in [0.25, 0.3) is 5.95 Å². The Bertz CT molecular complexity index is 625. The topological polar surface area (TPSA) is 53.9 Å². The summed E-state index contributed by atoms with van der Waals surface area (Å²) in [5, 5.41) is 11.4. The van der Waals surface area contributed by atoms with Gasteiger partial charge in [-0.3, -0.25) is 0 Å². The molecule has 2 heterocycles. The van der Waals surface area contributed by atoms with E-state index in [4.69, 9.17) is 0 Å². The van der Waals surface area contributed by atoms with E-state index in [0.717, 1.165) is 6.42 Å². The molecule has 1 aliphatic heterocycles. The normalized spacial score (nSPS) is 16.9. The largest absolute Gasteiger partial charge is 0.365 e. The second kappa shape index (κ2) is 5.28. The van der Waals surface area contributed by atoms with Gasteiger partial charge in [-0.2, -0.15) is 10.1 Å². The maximum absolute atomic E-state index is 4.53. The van der Waals surface area contributed by atoms with Gasteiger partial charge in [0.1, 0.15) is 0 Å². The van der Waals surface area contributed by atoms with E-state index >= 15 is 0 Å². The zero-order valence-corrected chi connectivity index (χ0v) is 11.5. The number of hydrogen-bond acceptors (Lipinski definition) is 5. The Morgan fingerprint density at radius 3 is 3.15 bits per heavy atom. The molecule has 0 saturated carbocycles. The lowest BCUT2D eigenvalue weighted by molar-refractivity contribution is 0.730. The van der Waals surface area contributed by atoms with Gasteiger partial charge in [-0.25, -0.2) is 0 Å². The number of rotatable bonds is 4. The molecule has 0 spiro atoms. The van der Waals surface area contributed by atoms with Gasteiger partial charge >= 0.3 is 0 Å². The van der Waals surface area contributed by atoms with Crippen molar-refractivity contribution in [2.45, 2.75) is 19.4 Å². The second-order valence-corrected chi connectivity index (χ2v) is 4.86. The third-order valence-electron chi connectivity index (χ3n) is 3.40. The van der Waals surface area contributed by atoms with Crippen LogP contribution in [0.1, 0.15) is 12.5 Å². The van der Waals surface area contributed by atoms with Crippen molar-refractivity contribution in [3.63, 3.8) is 0 Å². The highest BCUT2D eigenvalue weighted by Gasteiger charge is 2.28. The van der Waals surface area contributed by atoms with E-state index in [9.17, 15) is 0 Å². The molecular weight excluding hydrogens is 250 g/mol. The van der Waals surface area contributed by atoms with Crippen LogP contribution in [-0.4, -0.2) is 27.8 Å². The van der Waals surface area contributed by atoms with Crippen LogP contribution >= 0.6 is 0 Å². The average molecular weight is 267 g/mol. The first kappa shape index (κ1) is 12.6. The molecule has 0 aliphatic carbocycles. The Morgan fingerprint density at radius 1 is 1.45 bits per heavy atom. The average Bonchev–Trinajstić information content (AvgIpc) is 2.81. The molecule has 5 heteroatoms. The summed E-state index contributed by atoms with van der Waals surface area (Å²) in [7, 11) is 0. The molecular formula is C15H17N5. The summed E-state index contributed by atoms with van der Waals surface area (Å²) in [5.41, 5.74) is 2.50. The van der Waals surface area contributed by atoms with E-state index in [0.29, 0.717) is 24.4 Å². The molecule has 0 bridgehead atoms. The lowest BCUT2D eigenvalue weighted by Gasteiger charge is -2.22. The summed E-state index contributed by atoms with van der Waals surface area (Å²) in [5.74, 6) is 1.35. The summed E-state index contributed by atoms with van der Waals surface area (Å²) in [6.07, 6.45) is 4.42. The molecule has 0 fully saturated rings. The van der Waals surface area contributed by atoms with Crippen LogP contribution in [0.2, 0.25) is 0 Å². The van der Waals surface area contributed by atoms with E-state index in [1.54, 1.807) is 12.3 Å². The summed E-state index contributed by atoms with van der Waals surface area (Å²) in [6.45, 7) is 6.51. The van der Waals surface area contributed by atoms with E-state index in [2.05, 4.69) is 57.1 Å². The van der Waals surface area contributed by atoms with Gasteiger partial charge in [-0.05, 0) is 25.0 Å². The van der Waals surface area contributed by atoms with Gasteiger partial charge < -0.3 is 10.2 Å². The molecule has 1 aliphatic rings. The maximum Gasteiger partial charge on any atom is 0.252 e. The molecule has 1 aromatic heterocycles. The maximum atomic E-state index is 4.53. The van der Waals surface area contributed by atoms with Gasteiger partial charge in [0, 0.05) is 18.3 Å². The summed E-state index contributed by atoms with van der Waals surface area (Å²) < 4.78 is 0. The summed E-state index contributed by atoms with van der Waals surface area (Å²) in [6, 6.07) is 8.70. The Kier molecular flexibility index (Phi) is 3.33. The van der Waals surface area contributed by atoms with E-state index in [-0.39, 0.29) is 0 Å². The number of anilines is 3. The first-order valence-corrected chi connectivity index (χ1v) is 6.71. The van der Waals surface area contributed by atoms with E-state index < -0.39 is 0 Å². The summed E-state index contributed by atoms with van der Waals surface area (Å²) >= 11 is 0. The predicted octanol–water partition coefficient (Wildman–Crippen LogP) is 2.55. The zero-order chi connectivity index (χ0) is 13.9. The Labute approximate surface area is 118 Å². The highest BCUT2D eigenvalue weighted by atomic mass is 15.4. The molecule has 102 valence electrons. The van der Waals surface area contributed by atoms with Crippen molar-refractivity contribution >= 4 is 17.5 Å². The molecule has 20 heavy (non-hydrogen) atoms. The van der Waals surface area contributed by atoms with Crippen LogP contribution in [0, 0.1) is 0 Å². The van der Waals surface area contributed by atoms with Crippen LogP contribution in [0.15, 0.2) is 43.1 Å². The molecule has 1 aromatic carbocycles. The number of nitrogens with one attached hydrogen (secondary N) is 1. The minimum Gasteiger partial charge on any atom is -0.365 e. The molecule has 5 nitrogen and oxygen atoms in total. The fourth-order valence-electron chi connectivity index (χ4n) is 2.53. The van der Waals surface area contributed by atoms with E-state index in [1.165, 1.54) is 11.3 Å². The van der Waals surface area contributed by atoms with Gasteiger partial charge in [-0.15, -0.1) is 11.7 Å². The van der Waals surface area contributed by atoms with Crippen molar-refractivity contribution < 1.29 is 0 Å². The Morgan fingerprint density at radius 2 is 2.30 bits per heavy atom. The highest BCUT2D eigenvalue weighted by Crippen LogP contribution is 2.36. The molecule has 0 radical (unpaired) electrons. The third-order valence-corrected chi connectivity index (χ3v) is 3.40. The van der Waals surface area contributed by atoms with Crippen molar-refractivity contribution in [2.24, 2.45) is 0 Å². The van der Waals surface area contributed by atoms with Crippen LogP contribution in [0.3, 0.4) is 0 Å². The van der Waals surface area contributed by atoms with Crippen LogP contribution in [0.5, 0.6) is 0 Å². The van der Waals surface area contributed by atoms with Crippen LogP contribution in [0.4, 0.5) is 17.5 Å². The highest BCUT2D eigenvalue weighted by molar-refractivity contribution is 5.67. The quantitative estimate of drug-likeness (QED) is 0.863. The fourth-order valence-corrected chi connectivity index (χ4v) is 2.53. The number of aromatic nitrogens is 3. The molecule has 1 atom stereocenters. The molecule has 3 rings (SSSR count). The Hall–Kier alpha value is -2.43. The van der Waals surface area contributed by atoms with Gasteiger partial charge in [0.2, 0.25) is 0 Å². The minimum absolute atomic E-state index is 0.337. The van der Waals surface area contributed by atoms with E-state index in [1.807, 2.05) is 6.07 Å². The van der Waals surface area contributed by atoms with Crippen molar-refractivity contribution in [1.29, 1.82) is 0 Å². The standard InChI is InChI=1S/C15H17N5/c1-3-8-16-14-10-17-19-15(18-14)20-11(2)9-12-6-4-5-7-13(12)20/h3-7,10-11H,1,8-9H2,2H3,(H,16,18,19). The summed E-state index contributed by atoms with van der Waals surface area (Å²) in [4.78, 5) is 6.68. The van der Waals surface area contributed by atoms with Crippen molar-refractivity contribution in [3.8, 4) is 0 Å². The van der Waals surface area contributed by atoms with Crippen molar-refractivity contribution in [3.05, 3.63) is 48.7 Å². The fraction of sp³-hybridized carbons (Fsp3) is 0.267. The number of benzene rings is 1. The number of fused-ring (bicyclic) bond motifs is 1. The van der Waals surface area contributed by atoms with Crippen LogP contribution in [-0.2, 0) is 6.42 Å². The SMILES string of the molecule is C=CCNc1cnnc(N2c3ccccc3CC2C)n1. The predicted molar refractivity (Wildman–Crippen MR) is 80.3 cm³/mol. The van der Waals surface area contributed by atoms with Crippen LogP contribution < -0.4 is 10.2 Å². The van der Waals surface area contributed by atoms with Crippen molar-refractivity contribution in [2.75, 3.05) is 16.8 Å². The molecule has 2 aromatic rings. The molecule has 1 unspecified atom stereocenters. The monoisotopic (exact) mass is 267 g/mol. The van der Waals surface area contributed by atoms with Gasteiger partial charge in [0.15, 0.2) is 5.82 Å². The molecule has 0 saturated heterocycles. The van der Waals surface area contributed by atoms with Gasteiger partial charge in [-0.1, -0.05) is 24.3 Å². The molecule has 1 N–H and O–H groups in total. The number of para-hydroxylation sites is 1. The Balaban J connectivity index is 1.94. The number of hydrogen-bond donors (Lipinski definition) is 1.